The van der Waals surface area contributed by atoms with Crippen LogP contribution in [0.1, 0.15) is 39.9 Å². The molecule has 1 fully saturated rings. The number of Topliss-reactive ketones (excluding diaryl/α,β-unsaturated/α-hetero) is 1. The van der Waals surface area contributed by atoms with Gasteiger partial charge < -0.3 is 25.2 Å². The molecule has 1 saturated heterocycles. The highest BCUT2D eigenvalue weighted by atomic mass is 79.9. The average Bonchev–Trinajstić information content (AvgIpc) is 3.59. The molecule has 6 rings (SSSR count). The highest BCUT2D eigenvalue weighted by Crippen LogP contribution is 2.37. The van der Waals surface area contributed by atoms with Crippen LogP contribution in [0.2, 0.25) is 0 Å². The van der Waals surface area contributed by atoms with Crippen LogP contribution in [0.5, 0.6) is 17.2 Å². The Morgan fingerprint density at radius 2 is 1.91 bits per heavy atom. The van der Waals surface area contributed by atoms with Crippen LogP contribution in [-0.4, -0.2) is 57.9 Å². The van der Waals surface area contributed by atoms with Gasteiger partial charge >= 0.3 is 0 Å². The van der Waals surface area contributed by atoms with Gasteiger partial charge in [-0.15, -0.1) is 0 Å². The Hall–Kier alpha value is -3.99. The SMILES string of the molecule is Cc1cc(-n2ncc(C(=O)C3=Cc4cc(OC5CCN(CCO)CC5)c(Br)cc4C3)c2N)ccc1Oc1ccccc1F. The molecule has 4 aromatic rings. The standard InChI is InChI=1S/C33H32BrFN4O4/c1-20-14-24(6-7-29(20)43-30-5-3-2-4-28(30)35)39-33(36)26(19-37-39)32(41)23-15-21-17-27(34)31(18-22(21)16-23)42-25-8-10-38(11-9-25)12-13-40/h2-7,14,16-19,25,40H,8-13,15,36H2,1H3. The van der Waals surface area contributed by atoms with E-state index in [4.69, 9.17) is 15.2 Å². The van der Waals surface area contributed by atoms with Gasteiger partial charge in [0.25, 0.3) is 0 Å². The van der Waals surface area contributed by atoms with Crippen molar-refractivity contribution in [2.24, 2.45) is 0 Å². The number of aliphatic hydroxyl groups excluding tert-OH is 1. The first kappa shape index (κ1) is 29.1. The van der Waals surface area contributed by atoms with Gasteiger partial charge in [0.05, 0.1) is 28.5 Å². The number of likely N-dealkylation sites (tertiary alicyclic amines) is 1. The van der Waals surface area contributed by atoms with Crippen LogP contribution in [0, 0.1) is 12.7 Å². The normalized spacial score (nSPS) is 15.3. The van der Waals surface area contributed by atoms with E-state index in [0.717, 1.165) is 52.8 Å². The summed E-state index contributed by atoms with van der Waals surface area (Å²) in [6, 6.07) is 15.6. The Bertz CT molecular complexity index is 1710. The molecular formula is C33H32BrFN4O4. The molecule has 43 heavy (non-hydrogen) atoms. The van der Waals surface area contributed by atoms with Gasteiger partial charge in [0.2, 0.25) is 0 Å². The lowest BCUT2D eigenvalue weighted by molar-refractivity contribution is 0.0884. The summed E-state index contributed by atoms with van der Waals surface area (Å²) in [4.78, 5) is 15.8. The molecule has 0 saturated carbocycles. The molecule has 1 aliphatic carbocycles. The maximum atomic E-state index is 14.1. The van der Waals surface area contributed by atoms with Gasteiger partial charge in [-0.2, -0.15) is 5.10 Å². The number of nitrogens with two attached hydrogens (primary N) is 1. The van der Waals surface area contributed by atoms with Crippen molar-refractivity contribution in [1.82, 2.24) is 14.7 Å². The first-order valence-electron chi connectivity index (χ1n) is 14.2. The van der Waals surface area contributed by atoms with E-state index in [1.165, 1.54) is 16.9 Å². The number of benzene rings is 3. The topological polar surface area (TPSA) is 103 Å². The number of allylic oxidation sites excluding steroid dienone is 1. The van der Waals surface area contributed by atoms with Gasteiger partial charge in [0, 0.05) is 31.6 Å². The second kappa shape index (κ2) is 12.3. The summed E-state index contributed by atoms with van der Waals surface area (Å²) in [6.45, 7) is 4.50. The summed E-state index contributed by atoms with van der Waals surface area (Å²) >= 11 is 3.65. The molecule has 222 valence electrons. The zero-order valence-electron chi connectivity index (χ0n) is 23.7. The van der Waals surface area contributed by atoms with Crippen LogP contribution in [-0.2, 0) is 6.42 Å². The largest absolute Gasteiger partial charge is 0.489 e. The molecule has 3 N–H and O–H groups in total. The number of piperidine rings is 1. The molecule has 1 aliphatic heterocycles. The molecule has 0 spiro atoms. The van der Waals surface area contributed by atoms with E-state index >= 15 is 0 Å². The number of aliphatic hydroxyl groups is 1. The Morgan fingerprint density at radius 1 is 1.12 bits per heavy atom. The number of hydrogen-bond acceptors (Lipinski definition) is 7. The third-order valence-electron chi connectivity index (χ3n) is 7.95. The van der Waals surface area contributed by atoms with E-state index in [-0.39, 0.29) is 30.1 Å². The molecule has 0 radical (unpaired) electrons. The number of carbonyl (C=O) groups excluding carboxylic acids is 1. The number of rotatable bonds is 9. The van der Waals surface area contributed by atoms with Crippen molar-refractivity contribution in [3.63, 3.8) is 0 Å². The van der Waals surface area contributed by atoms with Crippen LogP contribution in [0.4, 0.5) is 10.2 Å². The maximum absolute atomic E-state index is 14.1. The fraction of sp³-hybridized carbons (Fsp3) is 0.273. The Morgan fingerprint density at radius 3 is 2.65 bits per heavy atom. The second-order valence-electron chi connectivity index (χ2n) is 10.9. The minimum Gasteiger partial charge on any atom is -0.489 e. The van der Waals surface area contributed by atoms with Gasteiger partial charge in [0.1, 0.15) is 23.4 Å². The summed E-state index contributed by atoms with van der Waals surface area (Å²) in [5.74, 6) is 1.02. The van der Waals surface area contributed by atoms with Crippen LogP contribution < -0.4 is 15.2 Å². The number of nitrogens with zero attached hydrogens (tertiary/aromatic N) is 3. The van der Waals surface area contributed by atoms with Gasteiger partial charge in [-0.05, 0) is 101 Å². The van der Waals surface area contributed by atoms with E-state index in [9.17, 15) is 14.3 Å². The van der Waals surface area contributed by atoms with E-state index in [2.05, 4.69) is 25.9 Å². The third-order valence-corrected chi connectivity index (χ3v) is 8.57. The van der Waals surface area contributed by atoms with Gasteiger partial charge in [0.15, 0.2) is 17.3 Å². The van der Waals surface area contributed by atoms with Crippen molar-refractivity contribution < 1.29 is 23.8 Å². The monoisotopic (exact) mass is 646 g/mol. The fourth-order valence-corrected chi connectivity index (χ4v) is 6.07. The van der Waals surface area contributed by atoms with Crippen LogP contribution in [0.3, 0.4) is 0 Å². The number of ether oxygens (including phenoxy) is 2. The molecule has 0 unspecified atom stereocenters. The van der Waals surface area contributed by atoms with E-state index < -0.39 is 5.82 Å². The summed E-state index contributed by atoms with van der Waals surface area (Å²) < 4.78 is 28.5. The second-order valence-corrected chi connectivity index (χ2v) is 11.7. The number of β-amino-alcohol motifs (C(OH)–C–C–N with tert-alkyl or cyclic N) is 1. The molecule has 0 atom stereocenters. The zero-order valence-corrected chi connectivity index (χ0v) is 25.3. The quantitative estimate of drug-likeness (QED) is 0.211. The molecule has 8 nitrogen and oxygen atoms in total. The summed E-state index contributed by atoms with van der Waals surface area (Å²) in [5, 5.41) is 13.6. The number of aryl methyl sites for hydroxylation is 1. The zero-order chi connectivity index (χ0) is 30.1. The van der Waals surface area contributed by atoms with E-state index in [0.29, 0.717) is 35.5 Å². The molecule has 2 heterocycles. The highest BCUT2D eigenvalue weighted by molar-refractivity contribution is 9.10. The number of nitrogen functional groups attached to an aromatic ring is 1. The Balaban J connectivity index is 1.16. The number of aromatic nitrogens is 2. The van der Waals surface area contributed by atoms with Crippen molar-refractivity contribution in [3.8, 4) is 22.9 Å². The number of fused-ring (bicyclic) bond motifs is 1. The highest BCUT2D eigenvalue weighted by Gasteiger charge is 2.26. The molecular weight excluding hydrogens is 615 g/mol. The van der Waals surface area contributed by atoms with Crippen molar-refractivity contribution in [2.45, 2.75) is 32.3 Å². The summed E-state index contributed by atoms with van der Waals surface area (Å²) in [6.07, 6.45) is 5.77. The molecule has 2 aliphatic rings. The molecule has 1 aromatic heterocycles. The van der Waals surface area contributed by atoms with Crippen molar-refractivity contribution >= 4 is 33.6 Å². The first-order chi connectivity index (χ1) is 20.8. The van der Waals surface area contributed by atoms with Gasteiger partial charge in [-0.3, -0.25) is 4.79 Å². The summed E-state index contributed by atoms with van der Waals surface area (Å²) in [7, 11) is 0. The van der Waals surface area contributed by atoms with Gasteiger partial charge in [-0.1, -0.05) is 12.1 Å². The Kier molecular flexibility index (Phi) is 8.34. The third kappa shape index (κ3) is 6.08. The number of halogens is 2. The van der Waals surface area contributed by atoms with Crippen LogP contribution >= 0.6 is 15.9 Å². The number of hydrogen-bond donors (Lipinski definition) is 2. The minimum absolute atomic E-state index is 0.102. The lowest BCUT2D eigenvalue weighted by atomic mass is 10.0. The lowest BCUT2D eigenvalue weighted by Crippen LogP contribution is -2.39. The maximum Gasteiger partial charge on any atom is 0.194 e. The molecule has 3 aromatic carbocycles. The lowest BCUT2D eigenvalue weighted by Gasteiger charge is -2.31. The fourth-order valence-electron chi connectivity index (χ4n) is 5.59. The van der Waals surface area contributed by atoms with Crippen molar-refractivity contribution in [2.75, 3.05) is 32.0 Å². The average molecular weight is 648 g/mol. The van der Waals surface area contributed by atoms with Crippen molar-refractivity contribution in [3.05, 3.63) is 98.9 Å². The van der Waals surface area contributed by atoms with Gasteiger partial charge in [-0.25, -0.2) is 9.07 Å². The Labute approximate surface area is 257 Å². The number of anilines is 1. The van der Waals surface area contributed by atoms with Crippen LogP contribution in [0.25, 0.3) is 11.8 Å². The van der Waals surface area contributed by atoms with E-state index in [1.807, 2.05) is 31.2 Å². The first-order valence-corrected chi connectivity index (χ1v) is 15.0. The number of ketones is 1. The predicted octanol–water partition coefficient (Wildman–Crippen LogP) is 6.11. The molecule has 10 heteroatoms. The minimum atomic E-state index is -0.444. The molecule has 0 bridgehead atoms. The van der Waals surface area contributed by atoms with Crippen molar-refractivity contribution in [1.29, 1.82) is 0 Å². The number of carbonyl (C=O) groups is 1. The smallest absolute Gasteiger partial charge is 0.194 e. The number of para-hydroxylation sites is 1. The summed E-state index contributed by atoms with van der Waals surface area (Å²) in [5.41, 5.74) is 10.8. The predicted molar refractivity (Wildman–Crippen MR) is 167 cm³/mol. The van der Waals surface area contributed by atoms with Crippen LogP contribution in [0.15, 0.2) is 70.8 Å². The van der Waals surface area contributed by atoms with E-state index in [1.54, 1.807) is 30.3 Å². The molecule has 0 amide bonds.